The molecule has 2 amide bonds. The van der Waals surface area contributed by atoms with Crippen molar-refractivity contribution < 1.29 is 18.0 Å². The van der Waals surface area contributed by atoms with Crippen molar-refractivity contribution in [1.29, 1.82) is 0 Å². The summed E-state index contributed by atoms with van der Waals surface area (Å²) in [5.74, 6) is -0.424. The summed E-state index contributed by atoms with van der Waals surface area (Å²) in [6, 6.07) is 11.1. The average Bonchev–Trinajstić information content (AvgIpc) is 2.63. The molecule has 0 unspecified atom stereocenters. The van der Waals surface area contributed by atoms with Gasteiger partial charge in [-0.05, 0) is 55.3 Å². The number of hydrogen-bond acceptors (Lipinski definition) is 4. The Morgan fingerprint density at radius 1 is 1.00 bits per heavy atom. The summed E-state index contributed by atoms with van der Waals surface area (Å²) in [4.78, 5) is 24.5. The van der Waals surface area contributed by atoms with Crippen LogP contribution in [0, 0.1) is 6.92 Å². The Morgan fingerprint density at radius 2 is 1.75 bits per heavy atom. The molecule has 0 aliphatic heterocycles. The lowest BCUT2D eigenvalue weighted by Gasteiger charge is -2.12. The van der Waals surface area contributed by atoms with Crippen LogP contribution in [0.15, 0.2) is 47.4 Å². The summed E-state index contributed by atoms with van der Waals surface area (Å²) >= 11 is 0. The van der Waals surface area contributed by atoms with Crippen molar-refractivity contribution in [2.75, 3.05) is 16.9 Å². The van der Waals surface area contributed by atoms with Crippen molar-refractivity contribution in [2.45, 2.75) is 44.4 Å². The predicted molar refractivity (Wildman–Crippen MR) is 111 cm³/mol. The summed E-state index contributed by atoms with van der Waals surface area (Å²) in [5.41, 5.74) is 2.32. The molecule has 0 spiro atoms. The monoisotopic (exact) mass is 402 g/mol. The zero-order valence-electron chi connectivity index (χ0n) is 16.4. The maximum atomic E-state index is 12.5. The molecule has 0 aliphatic rings. The van der Waals surface area contributed by atoms with Crippen LogP contribution in [0.25, 0.3) is 0 Å². The molecule has 0 saturated carbocycles. The molecule has 0 radical (unpaired) electrons. The van der Waals surface area contributed by atoms with E-state index >= 15 is 0 Å². The predicted octanol–water partition coefficient (Wildman–Crippen LogP) is 4.17. The van der Waals surface area contributed by atoms with Gasteiger partial charge in [-0.15, -0.1) is 0 Å². The molecule has 0 aliphatic carbocycles. The van der Waals surface area contributed by atoms with Crippen LogP contribution in [-0.2, 0) is 14.6 Å². The molecule has 0 aromatic heterocycles. The Bertz CT molecular complexity index is 968. The number of hydrogen-bond donors (Lipinski definition) is 2. The summed E-state index contributed by atoms with van der Waals surface area (Å²) in [7, 11) is -3.39. The van der Waals surface area contributed by atoms with Gasteiger partial charge in [0.2, 0.25) is 5.91 Å². The minimum absolute atomic E-state index is 0.0257. The van der Waals surface area contributed by atoms with Crippen molar-refractivity contribution in [1.82, 2.24) is 0 Å². The topological polar surface area (TPSA) is 92.3 Å². The van der Waals surface area contributed by atoms with Crippen LogP contribution in [0.2, 0.25) is 0 Å². The molecule has 7 heteroatoms. The molecule has 150 valence electrons. The molecule has 0 bridgehead atoms. The molecule has 0 atom stereocenters. The van der Waals surface area contributed by atoms with Crippen LogP contribution in [0.5, 0.6) is 0 Å². The number of amides is 2. The van der Waals surface area contributed by atoms with E-state index in [0.717, 1.165) is 31.1 Å². The van der Waals surface area contributed by atoms with Crippen molar-refractivity contribution in [3.63, 3.8) is 0 Å². The van der Waals surface area contributed by atoms with Gasteiger partial charge in [-0.2, -0.15) is 0 Å². The standard InChI is InChI=1S/C21H26N2O4S/c1-4-5-6-10-20(24)22-17-11-12-19(15(2)13-17)23-21(25)16-8-7-9-18(14-16)28(3,26)27/h7-9,11-14H,4-6,10H2,1-3H3,(H,22,24)(H,23,25). The first-order chi connectivity index (χ1) is 13.2. The third-order valence-corrected chi connectivity index (χ3v) is 5.40. The lowest BCUT2D eigenvalue weighted by molar-refractivity contribution is -0.116. The number of nitrogens with one attached hydrogen (secondary N) is 2. The number of benzene rings is 2. The minimum atomic E-state index is -3.39. The van der Waals surface area contributed by atoms with Crippen molar-refractivity contribution in [3.05, 3.63) is 53.6 Å². The Morgan fingerprint density at radius 3 is 2.39 bits per heavy atom. The number of carbonyl (C=O) groups is 2. The van der Waals surface area contributed by atoms with E-state index in [1.807, 2.05) is 6.92 Å². The van der Waals surface area contributed by atoms with E-state index in [1.165, 1.54) is 18.2 Å². The van der Waals surface area contributed by atoms with E-state index in [0.29, 0.717) is 17.8 Å². The normalized spacial score (nSPS) is 11.1. The number of rotatable bonds is 8. The quantitative estimate of drug-likeness (QED) is 0.648. The summed E-state index contributed by atoms with van der Waals surface area (Å²) in [5, 5.41) is 5.64. The number of carbonyl (C=O) groups excluding carboxylic acids is 2. The van der Waals surface area contributed by atoms with Crippen LogP contribution in [-0.4, -0.2) is 26.5 Å². The largest absolute Gasteiger partial charge is 0.326 e. The highest BCUT2D eigenvalue weighted by Gasteiger charge is 2.13. The highest BCUT2D eigenvalue weighted by atomic mass is 32.2. The van der Waals surface area contributed by atoms with Crippen molar-refractivity contribution >= 4 is 33.0 Å². The molecule has 2 aromatic carbocycles. The smallest absolute Gasteiger partial charge is 0.255 e. The summed E-state index contributed by atoms with van der Waals surface area (Å²) in [6.07, 6.45) is 4.54. The highest BCUT2D eigenvalue weighted by molar-refractivity contribution is 7.90. The second-order valence-electron chi connectivity index (χ2n) is 6.79. The Kier molecular flexibility index (Phi) is 7.34. The zero-order chi connectivity index (χ0) is 20.7. The van der Waals surface area contributed by atoms with Gasteiger partial charge < -0.3 is 10.6 Å². The molecule has 0 saturated heterocycles. The molecule has 6 nitrogen and oxygen atoms in total. The molecule has 2 rings (SSSR count). The van der Waals surface area contributed by atoms with Gasteiger partial charge in [-0.25, -0.2) is 8.42 Å². The lowest BCUT2D eigenvalue weighted by Crippen LogP contribution is -2.14. The second kappa shape index (κ2) is 9.50. The summed E-state index contributed by atoms with van der Waals surface area (Å²) in [6.45, 7) is 3.92. The first kappa shape index (κ1) is 21.6. The number of sulfone groups is 1. The zero-order valence-corrected chi connectivity index (χ0v) is 17.2. The van der Waals surface area contributed by atoms with E-state index in [4.69, 9.17) is 0 Å². The van der Waals surface area contributed by atoms with Gasteiger partial charge in [0.05, 0.1) is 4.90 Å². The van der Waals surface area contributed by atoms with Gasteiger partial charge in [0.1, 0.15) is 0 Å². The SMILES string of the molecule is CCCCCC(=O)Nc1ccc(NC(=O)c2cccc(S(C)(=O)=O)c2)c(C)c1. The van der Waals surface area contributed by atoms with Crippen LogP contribution >= 0.6 is 0 Å². The average molecular weight is 403 g/mol. The first-order valence-electron chi connectivity index (χ1n) is 9.22. The van der Waals surface area contributed by atoms with Gasteiger partial charge in [0, 0.05) is 29.6 Å². The first-order valence-corrected chi connectivity index (χ1v) is 11.1. The van der Waals surface area contributed by atoms with Gasteiger partial charge in [-0.3, -0.25) is 9.59 Å². The van der Waals surface area contributed by atoms with Gasteiger partial charge in [-0.1, -0.05) is 25.8 Å². The molecular weight excluding hydrogens is 376 g/mol. The van der Waals surface area contributed by atoms with Gasteiger partial charge in [0.15, 0.2) is 9.84 Å². The van der Waals surface area contributed by atoms with Crippen molar-refractivity contribution in [2.24, 2.45) is 0 Å². The number of aryl methyl sites for hydroxylation is 1. The lowest BCUT2D eigenvalue weighted by atomic mass is 10.1. The molecular formula is C21H26N2O4S. The summed E-state index contributed by atoms with van der Waals surface area (Å²) < 4.78 is 23.3. The van der Waals surface area contributed by atoms with Crippen LogP contribution in [0.3, 0.4) is 0 Å². The molecule has 0 fully saturated rings. The Hall–Kier alpha value is -2.67. The van der Waals surface area contributed by atoms with E-state index in [-0.39, 0.29) is 16.4 Å². The Balaban J connectivity index is 2.07. The third kappa shape index (κ3) is 6.20. The van der Waals surface area contributed by atoms with Gasteiger partial charge in [0.25, 0.3) is 5.91 Å². The van der Waals surface area contributed by atoms with E-state index in [1.54, 1.807) is 24.3 Å². The fraction of sp³-hybridized carbons (Fsp3) is 0.333. The molecule has 28 heavy (non-hydrogen) atoms. The maximum absolute atomic E-state index is 12.5. The molecule has 0 heterocycles. The van der Waals surface area contributed by atoms with E-state index in [2.05, 4.69) is 17.6 Å². The number of unbranched alkanes of at least 4 members (excludes halogenated alkanes) is 2. The maximum Gasteiger partial charge on any atom is 0.255 e. The van der Waals surface area contributed by atoms with Gasteiger partial charge >= 0.3 is 0 Å². The van der Waals surface area contributed by atoms with Crippen LogP contribution in [0.4, 0.5) is 11.4 Å². The molecule has 2 N–H and O–H groups in total. The fourth-order valence-electron chi connectivity index (χ4n) is 2.70. The second-order valence-corrected chi connectivity index (χ2v) is 8.80. The minimum Gasteiger partial charge on any atom is -0.326 e. The highest BCUT2D eigenvalue weighted by Crippen LogP contribution is 2.21. The van der Waals surface area contributed by atoms with E-state index in [9.17, 15) is 18.0 Å². The third-order valence-electron chi connectivity index (χ3n) is 4.29. The van der Waals surface area contributed by atoms with Crippen LogP contribution < -0.4 is 10.6 Å². The Labute approximate surface area is 166 Å². The number of anilines is 2. The van der Waals surface area contributed by atoms with E-state index < -0.39 is 15.7 Å². The van der Waals surface area contributed by atoms with Crippen molar-refractivity contribution in [3.8, 4) is 0 Å². The van der Waals surface area contributed by atoms with Crippen LogP contribution in [0.1, 0.15) is 48.5 Å². The fourth-order valence-corrected chi connectivity index (χ4v) is 3.37. The molecule has 2 aromatic rings.